The molecular formula is C18H29NO2. The van der Waals surface area contributed by atoms with Crippen LogP contribution in [-0.4, -0.2) is 36.1 Å². The summed E-state index contributed by atoms with van der Waals surface area (Å²) in [4.78, 5) is 14.8. The van der Waals surface area contributed by atoms with Crippen LogP contribution in [0.5, 0.6) is 0 Å². The lowest BCUT2D eigenvalue weighted by Crippen LogP contribution is -2.59. The van der Waals surface area contributed by atoms with Crippen molar-refractivity contribution < 1.29 is 9.53 Å². The zero-order valence-corrected chi connectivity index (χ0v) is 13.4. The molecule has 5 aliphatic rings. The van der Waals surface area contributed by atoms with E-state index in [1.54, 1.807) is 0 Å². The molecule has 4 aliphatic carbocycles. The van der Waals surface area contributed by atoms with Gasteiger partial charge in [-0.3, -0.25) is 9.69 Å². The molecule has 3 nitrogen and oxygen atoms in total. The van der Waals surface area contributed by atoms with E-state index in [4.69, 9.17) is 4.74 Å². The molecule has 0 unspecified atom stereocenters. The molecular weight excluding hydrogens is 262 g/mol. The van der Waals surface area contributed by atoms with Gasteiger partial charge in [0.05, 0.1) is 6.54 Å². The van der Waals surface area contributed by atoms with Crippen LogP contribution in [0.25, 0.3) is 0 Å². The lowest BCUT2D eigenvalue weighted by atomic mass is 9.49. The average Bonchev–Trinajstić information content (AvgIpc) is 2.95. The first kappa shape index (κ1) is 14.0. The number of esters is 1. The van der Waals surface area contributed by atoms with Gasteiger partial charge in [-0.1, -0.05) is 6.92 Å². The summed E-state index contributed by atoms with van der Waals surface area (Å²) in [5, 5.41) is 0. The summed E-state index contributed by atoms with van der Waals surface area (Å²) in [6.07, 6.45) is 10.2. The predicted octanol–water partition coefficient (Wildman–Crippen LogP) is 3.23. The van der Waals surface area contributed by atoms with Gasteiger partial charge in [-0.15, -0.1) is 0 Å². The average molecular weight is 291 g/mol. The molecule has 5 rings (SSSR count). The molecule has 0 atom stereocenters. The van der Waals surface area contributed by atoms with Crippen molar-refractivity contribution in [1.29, 1.82) is 0 Å². The molecule has 0 aromatic heterocycles. The number of likely N-dealkylation sites (tertiary alicyclic amines) is 1. The molecule has 118 valence electrons. The number of nitrogens with zero attached hydrogens (tertiary/aromatic N) is 1. The molecule has 4 bridgehead atoms. The summed E-state index contributed by atoms with van der Waals surface area (Å²) in [5.41, 5.74) is -0.107. The second kappa shape index (κ2) is 5.26. The van der Waals surface area contributed by atoms with Crippen LogP contribution < -0.4 is 0 Å². The van der Waals surface area contributed by atoms with E-state index >= 15 is 0 Å². The summed E-state index contributed by atoms with van der Waals surface area (Å²) in [7, 11) is 0. The maximum Gasteiger partial charge on any atom is 0.320 e. The Hall–Kier alpha value is -0.570. The zero-order chi connectivity index (χ0) is 14.4. The Kier molecular flexibility index (Phi) is 3.52. The molecule has 3 heteroatoms. The number of hydrogen-bond acceptors (Lipinski definition) is 3. The van der Waals surface area contributed by atoms with Crippen molar-refractivity contribution in [3.63, 3.8) is 0 Å². The van der Waals surface area contributed by atoms with E-state index in [1.165, 1.54) is 44.9 Å². The minimum Gasteiger partial charge on any atom is -0.458 e. The molecule has 0 amide bonds. The van der Waals surface area contributed by atoms with Crippen LogP contribution in [0, 0.1) is 23.7 Å². The lowest BCUT2D eigenvalue weighted by Gasteiger charge is -2.60. The van der Waals surface area contributed by atoms with Crippen molar-refractivity contribution in [3.05, 3.63) is 0 Å². The Morgan fingerprint density at radius 3 is 2.14 bits per heavy atom. The molecule has 0 aromatic rings. The highest BCUT2D eigenvalue weighted by molar-refractivity contribution is 5.72. The lowest BCUT2D eigenvalue weighted by molar-refractivity contribution is -0.211. The summed E-state index contributed by atoms with van der Waals surface area (Å²) < 4.78 is 6.25. The molecule has 0 radical (unpaired) electrons. The van der Waals surface area contributed by atoms with E-state index < -0.39 is 0 Å². The second-order valence-corrected chi connectivity index (χ2v) is 8.07. The molecule has 5 fully saturated rings. The van der Waals surface area contributed by atoms with E-state index in [-0.39, 0.29) is 11.6 Å². The zero-order valence-electron chi connectivity index (χ0n) is 13.4. The monoisotopic (exact) mass is 291 g/mol. The van der Waals surface area contributed by atoms with Crippen molar-refractivity contribution in [1.82, 2.24) is 4.90 Å². The first-order chi connectivity index (χ1) is 10.2. The molecule has 0 aromatic carbocycles. The van der Waals surface area contributed by atoms with Gasteiger partial charge >= 0.3 is 5.97 Å². The maximum atomic E-state index is 12.5. The molecule has 21 heavy (non-hydrogen) atoms. The Labute approximate surface area is 128 Å². The van der Waals surface area contributed by atoms with Crippen molar-refractivity contribution in [3.8, 4) is 0 Å². The molecule has 4 saturated carbocycles. The molecule has 0 spiro atoms. The fourth-order valence-electron chi connectivity index (χ4n) is 6.17. The van der Waals surface area contributed by atoms with Gasteiger partial charge in [0.2, 0.25) is 0 Å². The molecule has 1 saturated heterocycles. The Morgan fingerprint density at radius 1 is 1.05 bits per heavy atom. The minimum atomic E-state index is -0.107. The topological polar surface area (TPSA) is 29.5 Å². The fourth-order valence-corrected chi connectivity index (χ4v) is 6.17. The highest BCUT2D eigenvalue weighted by Crippen LogP contribution is 2.60. The number of ether oxygens (including phenoxy) is 1. The van der Waals surface area contributed by atoms with Gasteiger partial charge < -0.3 is 4.74 Å². The first-order valence-corrected chi connectivity index (χ1v) is 9.14. The normalized spacial score (nSPS) is 45.2. The van der Waals surface area contributed by atoms with Gasteiger partial charge in [0.25, 0.3) is 0 Å². The van der Waals surface area contributed by atoms with Gasteiger partial charge in [0.1, 0.15) is 5.60 Å². The summed E-state index contributed by atoms with van der Waals surface area (Å²) in [6.45, 7) is 4.91. The van der Waals surface area contributed by atoms with E-state index in [9.17, 15) is 4.79 Å². The molecule has 1 heterocycles. The van der Waals surface area contributed by atoms with Crippen LogP contribution in [0.1, 0.15) is 58.3 Å². The van der Waals surface area contributed by atoms with E-state index in [2.05, 4.69) is 11.8 Å². The van der Waals surface area contributed by atoms with E-state index in [0.29, 0.717) is 18.4 Å². The minimum absolute atomic E-state index is 0.0474. The van der Waals surface area contributed by atoms with Gasteiger partial charge in [-0.05, 0) is 88.1 Å². The third-order valence-corrected chi connectivity index (χ3v) is 6.93. The molecule has 1 aliphatic heterocycles. The van der Waals surface area contributed by atoms with Gasteiger partial charge in [-0.2, -0.15) is 0 Å². The highest BCUT2D eigenvalue weighted by Gasteiger charge is 2.58. The maximum absolute atomic E-state index is 12.5. The predicted molar refractivity (Wildman–Crippen MR) is 81.8 cm³/mol. The largest absolute Gasteiger partial charge is 0.458 e. The third-order valence-electron chi connectivity index (χ3n) is 6.93. The highest BCUT2D eigenvalue weighted by atomic mass is 16.6. The van der Waals surface area contributed by atoms with Crippen molar-refractivity contribution in [2.24, 2.45) is 23.7 Å². The van der Waals surface area contributed by atoms with E-state index in [0.717, 1.165) is 31.3 Å². The Morgan fingerprint density at radius 2 is 1.62 bits per heavy atom. The van der Waals surface area contributed by atoms with E-state index in [1.807, 2.05) is 0 Å². The summed E-state index contributed by atoms with van der Waals surface area (Å²) >= 11 is 0. The van der Waals surface area contributed by atoms with Crippen molar-refractivity contribution >= 4 is 5.97 Å². The van der Waals surface area contributed by atoms with Crippen LogP contribution in [0.15, 0.2) is 0 Å². The number of rotatable bonds is 4. The van der Waals surface area contributed by atoms with Gasteiger partial charge in [-0.25, -0.2) is 0 Å². The SMILES string of the molecule is CCC1(OC(=O)CN2CCCC2)C2CC3CC(C2)CC1C3. The standard InChI is InChI=1S/C18H29NO2/c1-2-18(21-17(20)12-19-5-3-4-6-19)15-8-13-7-14(10-15)11-16(18)9-13/h13-16H,2-12H2,1H3. The summed E-state index contributed by atoms with van der Waals surface area (Å²) in [5.74, 6) is 3.22. The van der Waals surface area contributed by atoms with Crippen LogP contribution in [0.4, 0.5) is 0 Å². The first-order valence-electron chi connectivity index (χ1n) is 9.14. The Balaban J connectivity index is 1.47. The van der Waals surface area contributed by atoms with Crippen LogP contribution in [0.3, 0.4) is 0 Å². The molecule has 0 N–H and O–H groups in total. The van der Waals surface area contributed by atoms with Crippen LogP contribution in [0.2, 0.25) is 0 Å². The number of hydrogen-bond donors (Lipinski definition) is 0. The Bertz CT molecular complexity index is 385. The van der Waals surface area contributed by atoms with Crippen LogP contribution >= 0.6 is 0 Å². The van der Waals surface area contributed by atoms with Crippen molar-refractivity contribution in [2.45, 2.75) is 63.9 Å². The number of carbonyl (C=O) groups is 1. The second-order valence-electron chi connectivity index (χ2n) is 8.07. The quantitative estimate of drug-likeness (QED) is 0.745. The smallest absolute Gasteiger partial charge is 0.320 e. The summed E-state index contributed by atoms with van der Waals surface area (Å²) in [6, 6.07) is 0. The number of carbonyl (C=O) groups excluding carboxylic acids is 1. The third kappa shape index (κ3) is 2.32. The van der Waals surface area contributed by atoms with Gasteiger partial charge in [0.15, 0.2) is 0 Å². The fraction of sp³-hybridized carbons (Fsp3) is 0.944. The van der Waals surface area contributed by atoms with Gasteiger partial charge in [0, 0.05) is 0 Å². The van der Waals surface area contributed by atoms with Crippen LogP contribution in [-0.2, 0) is 9.53 Å². The van der Waals surface area contributed by atoms with Crippen molar-refractivity contribution in [2.75, 3.05) is 19.6 Å².